The first kappa shape index (κ1) is 16.7. The lowest BCUT2D eigenvalue weighted by Crippen LogP contribution is -2.48. The van der Waals surface area contributed by atoms with Gasteiger partial charge in [-0.2, -0.15) is 0 Å². The van der Waals surface area contributed by atoms with Gasteiger partial charge < -0.3 is 21.1 Å². The number of rotatable bonds is 7. The molecule has 4 N–H and O–H groups in total. The number of benzene rings is 1. The van der Waals surface area contributed by atoms with Crippen LogP contribution >= 0.6 is 0 Å². The second kappa shape index (κ2) is 8.73. The number of amides is 1. The summed E-state index contributed by atoms with van der Waals surface area (Å²) in [6, 6.07) is 7.12. The molecule has 22 heavy (non-hydrogen) atoms. The van der Waals surface area contributed by atoms with Crippen LogP contribution in [0.15, 0.2) is 24.3 Å². The number of carbonyl (C=O) groups is 1. The number of hydrogen-bond acceptors (Lipinski definition) is 5. The van der Waals surface area contributed by atoms with E-state index in [1.54, 1.807) is 7.11 Å². The van der Waals surface area contributed by atoms with Gasteiger partial charge in [0.25, 0.3) is 0 Å². The van der Waals surface area contributed by atoms with Crippen molar-refractivity contribution in [2.75, 3.05) is 46.4 Å². The van der Waals surface area contributed by atoms with Gasteiger partial charge in [0.1, 0.15) is 5.75 Å². The third kappa shape index (κ3) is 5.29. The minimum atomic E-state index is -0.517. The largest absolute Gasteiger partial charge is 0.497 e. The molecule has 6 heteroatoms. The molecule has 1 atom stereocenters. The number of nitrogens with two attached hydrogens (primary N) is 1. The maximum atomic E-state index is 12.0. The van der Waals surface area contributed by atoms with E-state index in [4.69, 9.17) is 10.5 Å². The highest BCUT2D eigenvalue weighted by Crippen LogP contribution is 2.12. The van der Waals surface area contributed by atoms with Gasteiger partial charge in [-0.05, 0) is 24.1 Å². The van der Waals surface area contributed by atoms with Crippen molar-refractivity contribution in [3.05, 3.63) is 29.8 Å². The lowest BCUT2D eigenvalue weighted by atomic mass is 10.1. The average molecular weight is 306 g/mol. The lowest BCUT2D eigenvalue weighted by Gasteiger charge is -2.27. The van der Waals surface area contributed by atoms with E-state index in [0.717, 1.165) is 44.0 Å². The first-order valence-corrected chi connectivity index (χ1v) is 7.78. The molecule has 0 aliphatic carbocycles. The van der Waals surface area contributed by atoms with Crippen LogP contribution in [0, 0.1) is 0 Å². The Bertz CT molecular complexity index is 458. The molecule has 1 aromatic carbocycles. The third-order valence-electron chi connectivity index (χ3n) is 3.89. The topological polar surface area (TPSA) is 79.6 Å². The van der Waals surface area contributed by atoms with Crippen LogP contribution < -0.4 is 21.1 Å². The summed E-state index contributed by atoms with van der Waals surface area (Å²) in [4.78, 5) is 14.4. The van der Waals surface area contributed by atoms with Crippen LogP contribution in [-0.4, -0.2) is 63.2 Å². The van der Waals surface area contributed by atoms with Crippen LogP contribution in [0.25, 0.3) is 0 Å². The Hall–Kier alpha value is -1.63. The third-order valence-corrected chi connectivity index (χ3v) is 3.89. The first-order chi connectivity index (χ1) is 10.7. The average Bonchev–Trinajstić information content (AvgIpc) is 2.56. The van der Waals surface area contributed by atoms with Crippen molar-refractivity contribution in [1.82, 2.24) is 15.5 Å². The highest BCUT2D eigenvalue weighted by Gasteiger charge is 2.15. The number of carbonyl (C=O) groups excluding carboxylic acids is 1. The predicted octanol–water partition coefficient (Wildman–Crippen LogP) is -0.414. The summed E-state index contributed by atoms with van der Waals surface area (Å²) in [5.74, 6) is 0.712. The van der Waals surface area contributed by atoms with Gasteiger partial charge in [-0.25, -0.2) is 0 Å². The van der Waals surface area contributed by atoms with Crippen LogP contribution in [0.2, 0.25) is 0 Å². The summed E-state index contributed by atoms with van der Waals surface area (Å²) in [5.41, 5.74) is 7.01. The Balaban J connectivity index is 1.69. The second-order valence-electron chi connectivity index (χ2n) is 5.54. The van der Waals surface area contributed by atoms with Crippen molar-refractivity contribution < 1.29 is 9.53 Å². The first-order valence-electron chi connectivity index (χ1n) is 7.78. The molecular formula is C16H26N4O2. The SMILES string of the molecule is COc1ccc(C[C@H](N)C(=O)NCCN2CCNCC2)cc1. The van der Waals surface area contributed by atoms with E-state index in [2.05, 4.69) is 15.5 Å². The summed E-state index contributed by atoms with van der Waals surface area (Å²) in [6.45, 7) is 5.63. The maximum absolute atomic E-state index is 12.0. The molecule has 0 radical (unpaired) electrons. The number of hydrogen-bond donors (Lipinski definition) is 3. The number of ether oxygens (including phenoxy) is 1. The van der Waals surface area contributed by atoms with E-state index >= 15 is 0 Å². The number of piperazine rings is 1. The molecule has 122 valence electrons. The molecule has 0 aromatic heterocycles. The molecule has 1 aliphatic heterocycles. The van der Waals surface area contributed by atoms with E-state index in [1.165, 1.54) is 0 Å². The van der Waals surface area contributed by atoms with Crippen molar-refractivity contribution in [3.63, 3.8) is 0 Å². The van der Waals surface area contributed by atoms with Crippen molar-refractivity contribution in [2.24, 2.45) is 5.73 Å². The Labute approximate surface area is 132 Å². The summed E-state index contributed by atoms with van der Waals surface area (Å²) < 4.78 is 5.11. The van der Waals surface area contributed by atoms with E-state index < -0.39 is 6.04 Å². The van der Waals surface area contributed by atoms with Gasteiger partial charge in [0.05, 0.1) is 13.2 Å². The smallest absolute Gasteiger partial charge is 0.237 e. The zero-order valence-corrected chi connectivity index (χ0v) is 13.2. The van der Waals surface area contributed by atoms with E-state index in [1.807, 2.05) is 24.3 Å². The fourth-order valence-electron chi connectivity index (χ4n) is 2.51. The summed E-state index contributed by atoms with van der Waals surface area (Å²) in [6.07, 6.45) is 0.531. The van der Waals surface area contributed by atoms with Crippen LogP contribution in [0.5, 0.6) is 5.75 Å². The van der Waals surface area contributed by atoms with Gasteiger partial charge in [0, 0.05) is 39.3 Å². The van der Waals surface area contributed by atoms with Crippen LogP contribution in [0.4, 0.5) is 0 Å². The Morgan fingerprint density at radius 3 is 2.68 bits per heavy atom. The zero-order valence-electron chi connectivity index (χ0n) is 13.2. The van der Waals surface area contributed by atoms with Crippen LogP contribution in [0.3, 0.4) is 0 Å². The quantitative estimate of drug-likeness (QED) is 0.638. The Kier molecular flexibility index (Phi) is 6.64. The minimum absolute atomic E-state index is 0.0917. The van der Waals surface area contributed by atoms with E-state index in [0.29, 0.717) is 13.0 Å². The highest BCUT2D eigenvalue weighted by atomic mass is 16.5. The normalized spacial score (nSPS) is 17.0. The number of nitrogens with one attached hydrogen (secondary N) is 2. The fraction of sp³-hybridized carbons (Fsp3) is 0.562. The van der Waals surface area contributed by atoms with E-state index in [-0.39, 0.29) is 5.91 Å². The molecule has 0 bridgehead atoms. The molecular weight excluding hydrogens is 280 g/mol. The molecule has 1 fully saturated rings. The van der Waals surface area contributed by atoms with Gasteiger partial charge in [-0.3, -0.25) is 9.69 Å². The van der Waals surface area contributed by atoms with Crippen LogP contribution in [0.1, 0.15) is 5.56 Å². The summed E-state index contributed by atoms with van der Waals surface area (Å²) in [7, 11) is 1.63. The van der Waals surface area contributed by atoms with Crippen molar-refractivity contribution in [1.29, 1.82) is 0 Å². The molecule has 1 amide bonds. The summed E-state index contributed by atoms with van der Waals surface area (Å²) >= 11 is 0. The van der Waals surface area contributed by atoms with Crippen molar-refractivity contribution in [3.8, 4) is 5.75 Å². The van der Waals surface area contributed by atoms with E-state index in [9.17, 15) is 4.79 Å². The monoisotopic (exact) mass is 306 g/mol. The maximum Gasteiger partial charge on any atom is 0.237 e. The number of methoxy groups -OCH3 is 1. The molecule has 1 aromatic rings. The van der Waals surface area contributed by atoms with Gasteiger partial charge in [-0.15, -0.1) is 0 Å². The fourth-order valence-corrected chi connectivity index (χ4v) is 2.51. The standard InChI is InChI=1S/C16H26N4O2/c1-22-14-4-2-13(3-5-14)12-15(17)16(21)19-8-11-20-9-6-18-7-10-20/h2-5,15,18H,6-12,17H2,1H3,(H,19,21)/t15-/m0/s1. The minimum Gasteiger partial charge on any atom is -0.497 e. The Morgan fingerprint density at radius 2 is 2.05 bits per heavy atom. The molecule has 0 spiro atoms. The second-order valence-corrected chi connectivity index (χ2v) is 5.54. The highest BCUT2D eigenvalue weighted by molar-refractivity contribution is 5.81. The van der Waals surface area contributed by atoms with Crippen molar-refractivity contribution in [2.45, 2.75) is 12.5 Å². The molecule has 6 nitrogen and oxygen atoms in total. The summed E-state index contributed by atoms with van der Waals surface area (Å²) in [5, 5.41) is 6.23. The number of nitrogens with zero attached hydrogens (tertiary/aromatic N) is 1. The van der Waals surface area contributed by atoms with Gasteiger partial charge >= 0.3 is 0 Å². The van der Waals surface area contributed by atoms with Gasteiger partial charge in [0.2, 0.25) is 5.91 Å². The molecule has 1 aliphatic rings. The molecule has 0 saturated carbocycles. The zero-order chi connectivity index (χ0) is 15.8. The lowest BCUT2D eigenvalue weighted by molar-refractivity contribution is -0.122. The van der Waals surface area contributed by atoms with Crippen LogP contribution in [-0.2, 0) is 11.2 Å². The Morgan fingerprint density at radius 1 is 1.36 bits per heavy atom. The molecule has 1 saturated heterocycles. The van der Waals surface area contributed by atoms with Gasteiger partial charge in [0.15, 0.2) is 0 Å². The van der Waals surface area contributed by atoms with Gasteiger partial charge in [-0.1, -0.05) is 12.1 Å². The van der Waals surface area contributed by atoms with Crippen molar-refractivity contribution >= 4 is 5.91 Å². The molecule has 1 heterocycles. The molecule has 2 rings (SSSR count). The molecule has 0 unspecified atom stereocenters. The predicted molar refractivity (Wildman–Crippen MR) is 87.0 cm³/mol.